The summed E-state index contributed by atoms with van der Waals surface area (Å²) in [5.74, 6) is -2.38. The fraction of sp³-hybridized carbons (Fsp3) is 0.545. The predicted molar refractivity (Wildman–Crippen MR) is 132 cm³/mol. The van der Waals surface area contributed by atoms with Crippen LogP contribution in [0.4, 0.5) is 0 Å². The Kier molecular flexibility index (Phi) is 7.54. The summed E-state index contributed by atoms with van der Waals surface area (Å²) in [6.45, 7) is 4.67. The third kappa shape index (κ3) is 5.38. The number of amides is 1. The smallest absolute Gasteiger partial charge is 0.353 e. The number of aliphatic carboxylic acids is 1. The fourth-order valence-electron chi connectivity index (χ4n) is 5.37. The van der Waals surface area contributed by atoms with Gasteiger partial charge in [0.15, 0.2) is 0 Å². The number of halogens is 1. The summed E-state index contributed by atoms with van der Waals surface area (Å²) in [6.07, 6.45) is -0.270. The monoisotopic (exact) mass is 544 g/mol. The number of fused-ring (bicyclic) bond motifs is 1. The third-order valence-corrected chi connectivity index (χ3v) is 9.19. The molecule has 1 aromatic rings. The van der Waals surface area contributed by atoms with Gasteiger partial charge in [0, 0.05) is 46.8 Å². The average Bonchev–Trinajstić information content (AvgIpc) is 3.22. The van der Waals surface area contributed by atoms with Crippen LogP contribution < -0.4 is 9.86 Å². The molecule has 6 atom stereocenters. The number of benzene rings is 1. The van der Waals surface area contributed by atoms with Gasteiger partial charge >= 0.3 is 5.97 Å². The number of carbonyl (C=O) groups excluding carboxylic acids is 1. The average molecular weight is 545 g/mol. The van der Waals surface area contributed by atoms with Crippen molar-refractivity contribution in [2.24, 2.45) is 17.0 Å². The summed E-state index contributed by atoms with van der Waals surface area (Å²) in [4.78, 5) is 28.8. The Bertz CT molecular complexity index is 1160. The van der Waals surface area contributed by atoms with Crippen LogP contribution in [0.3, 0.4) is 0 Å². The topological polar surface area (TPSA) is 153 Å². The molecule has 0 saturated carbocycles. The van der Waals surface area contributed by atoms with E-state index in [0.717, 1.165) is 5.56 Å². The van der Waals surface area contributed by atoms with Crippen molar-refractivity contribution in [2.45, 2.75) is 50.3 Å². The van der Waals surface area contributed by atoms with Gasteiger partial charge in [0.05, 0.1) is 18.1 Å². The van der Waals surface area contributed by atoms with Gasteiger partial charge in [0.2, 0.25) is 5.91 Å². The lowest BCUT2D eigenvalue weighted by atomic mass is 9.79. The van der Waals surface area contributed by atoms with Gasteiger partial charge in [0.25, 0.3) is 10.2 Å². The second kappa shape index (κ2) is 10.0. The number of nitrogens with zero attached hydrogens (tertiary/aromatic N) is 2. The molecule has 0 radical (unpaired) electrons. The van der Waals surface area contributed by atoms with Crippen LogP contribution in [0.15, 0.2) is 34.9 Å². The van der Waals surface area contributed by atoms with Gasteiger partial charge in [-0.3, -0.25) is 9.69 Å². The van der Waals surface area contributed by atoms with Gasteiger partial charge in [0.1, 0.15) is 5.70 Å². The Balaban J connectivity index is 1.55. The molecule has 0 bridgehead atoms. The summed E-state index contributed by atoms with van der Waals surface area (Å²) in [7, 11) is -3.87. The molecule has 1 amide bonds. The lowest BCUT2D eigenvalue weighted by molar-refractivity contribution is -0.163. The van der Waals surface area contributed by atoms with Gasteiger partial charge in [-0.15, -0.1) is 11.8 Å². The van der Waals surface area contributed by atoms with Crippen molar-refractivity contribution in [1.82, 2.24) is 14.5 Å². The molecule has 192 valence electrons. The molecule has 3 heterocycles. The first-order chi connectivity index (χ1) is 16.4. The van der Waals surface area contributed by atoms with Crippen LogP contribution in [-0.4, -0.2) is 76.8 Å². The minimum atomic E-state index is -3.87. The molecule has 0 aliphatic carbocycles. The van der Waals surface area contributed by atoms with Gasteiger partial charge in [-0.05, 0) is 31.0 Å². The number of rotatable bonds is 9. The molecule has 1 aromatic carbocycles. The first-order valence-electron chi connectivity index (χ1n) is 11.3. The number of β-lactam (4-membered cyclic amide) rings is 1. The predicted octanol–water partition coefficient (Wildman–Crippen LogP) is 0.963. The number of aliphatic hydroxyl groups is 1. The maximum Gasteiger partial charge on any atom is 0.353 e. The minimum Gasteiger partial charge on any atom is -0.477 e. The first-order valence-corrected chi connectivity index (χ1v) is 14.1. The number of aliphatic hydroxyl groups excluding tert-OH is 1. The molecule has 0 spiro atoms. The van der Waals surface area contributed by atoms with Crippen LogP contribution in [0, 0.1) is 11.8 Å². The largest absolute Gasteiger partial charge is 0.477 e. The number of nitrogens with two attached hydrogens (primary N) is 1. The van der Waals surface area contributed by atoms with E-state index in [1.807, 2.05) is 25.1 Å². The Hall–Kier alpha value is -1.67. The highest BCUT2D eigenvalue weighted by Gasteiger charge is 2.60. The summed E-state index contributed by atoms with van der Waals surface area (Å²) in [6, 6.07) is 6.87. The van der Waals surface area contributed by atoms with Crippen LogP contribution in [0.1, 0.15) is 25.8 Å². The van der Waals surface area contributed by atoms with Crippen LogP contribution in [0.5, 0.6) is 0 Å². The molecular weight excluding hydrogens is 516 g/mol. The highest BCUT2D eigenvalue weighted by atomic mass is 35.5. The third-order valence-electron chi connectivity index (χ3n) is 6.89. The Morgan fingerprint density at radius 1 is 1.40 bits per heavy atom. The van der Waals surface area contributed by atoms with E-state index in [1.165, 1.54) is 16.7 Å². The highest BCUT2D eigenvalue weighted by molar-refractivity contribution is 8.03. The molecule has 2 fully saturated rings. The van der Waals surface area contributed by atoms with Crippen molar-refractivity contribution in [1.29, 1.82) is 0 Å². The van der Waals surface area contributed by atoms with E-state index in [4.69, 9.17) is 16.7 Å². The van der Waals surface area contributed by atoms with Crippen molar-refractivity contribution in [3.05, 3.63) is 45.5 Å². The molecule has 10 nitrogen and oxygen atoms in total. The number of carbonyl (C=O) groups is 2. The van der Waals surface area contributed by atoms with Gasteiger partial charge in [-0.1, -0.05) is 30.7 Å². The number of carboxylic acids is 1. The van der Waals surface area contributed by atoms with Crippen molar-refractivity contribution >= 4 is 45.4 Å². The SMILES string of the molecule is C[C@@H](O)[C@H]1C(=O)N2C(C(=O)O)=C(S[C@H]3C[C@@H](CNS(N)(=O)=O)N(Cc4cccc(Cl)c4)C3)[C@H](C)[C@H]12. The van der Waals surface area contributed by atoms with Gasteiger partial charge in [-0.25, -0.2) is 14.7 Å². The number of hydrogen-bond acceptors (Lipinski definition) is 7. The first kappa shape index (κ1) is 26.4. The fourth-order valence-corrected chi connectivity index (χ4v) is 7.60. The van der Waals surface area contributed by atoms with E-state index in [2.05, 4.69) is 9.62 Å². The van der Waals surface area contributed by atoms with E-state index < -0.39 is 28.2 Å². The van der Waals surface area contributed by atoms with Crippen LogP contribution in [0.2, 0.25) is 5.02 Å². The molecule has 13 heteroatoms. The molecule has 2 saturated heterocycles. The second-order valence-electron chi connectivity index (χ2n) is 9.35. The van der Waals surface area contributed by atoms with Crippen LogP contribution in [-0.2, 0) is 26.3 Å². The number of thioether (sulfide) groups is 1. The Morgan fingerprint density at radius 3 is 2.71 bits per heavy atom. The van der Waals surface area contributed by atoms with E-state index in [9.17, 15) is 28.2 Å². The molecule has 35 heavy (non-hydrogen) atoms. The van der Waals surface area contributed by atoms with E-state index in [0.29, 0.717) is 29.4 Å². The molecule has 0 unspecified atom stereocenters. The summed E-state index contributed by atoms with van der Waals surface area (Å²) in [5.41, 5.74) is 0.958. The standard InChI is InChI=1S/C22H29ClN4O6S2/c1-11-18-17(12(2)28)21(29)27(18)19(22(30)31)20(11)34-16-7-15(8-25-35(24,32)33)26(10-16)9-13-4-3-5-14(23)6-13/h3-6,11-12,15-18,25,28H,7-10H2,1-2H3,(H,30,31)(H2,24,32,33)/t11-,12-,15+,16+,17-,18-/m1/s1. The molecular formula is C22H29ClN4O6S2. The zero-order valence-electron chi connectivity index (χ0n) is 19.3. The molecule has 5 N–H and O–H groups in total. The molecule has 0 aromatic heterocycles. The Labute approximate surface area is 213 Å². The Morgan fingerprint density at radius 2 is 2.11 bits per heavy atom. The van der Waals surface area contributed by atoms with E-state index in [-0.39, 0.29) is 41.4 Å². The zero-order valence-corrected chi connectivity index (χ0v) is 21.7. The van der Waals surface area contributed by atoms with Crippen LogP contribution in [0.25, 0.3) is 0 Å². The second-order valence-corrected chi connectivity index (χ2v) is 12.5. The van der Waals surface area contributed by atoms with Crippen molar-refractivity contribution in [3.63, 3.8) is 0 Å². The normalized spacial score (nSPS) is 29.9. The maximum absolute atomic E-state index is 12.6. The lowest BCUT2D eigenvalue weighted by Crippen LogP contribution is -2.63. The summed E-state index contributed by atoms with van der Waals surface area (Å²) < 4.78 is 25.4. The lowest BCUT2D eigenvalue weighted by Gasteiger charge is -2.46. The zero-order chi connectivity index (χ0) is 25.7. The van der Waals surface area contributed by atoms with E-state index >= 15 is 0 Å². The number of hydrogen-bond donors (Lipinski definition) is 4. The highest BCUT2D eigenvalue weighted by Crippen LogP contribution is 2.52. The number of likely N-dealkylation sites (tertiary alicyclic amines) is 1. The quantitative estimate of drug-likeness (QED) is 0.335. The van der Waals surface area contributed by atoms with Gasteiger partial charge in [-0.2, -0.15) is 8.42 Å². The van der Waals surface area contributed by atoms with Crippen molar-refractivity contribution in [3.8, 4) is 0 Å². The number of carboxylic acid groups (broad SMARTS) is 1. The van der Waals surface area contributed by atoms with Crippen molar-refractivity contribution in [2.75, 3.05) is 13.1 Å². The number of nitrogens with one attached hydrogen (secondary N) is 1. The molecule has 3 aliphatic heterocycles. The van der Waals surface area contributed by atoms with E-state index in [1.54, 1.807) is 13.0 Å². The van der Waals surface area contributed by atoms with Crippen LogP contribution >= 0.6 is 23.4 Å². The molecule has 3 aliphatic rings. The maximum atomic E-state index is 12.6. The van der Waals surface area contributed by atoms with Gasteiger partial charge < -0.3 is 15.1 Å². The van der Waals surface area contributed by atoms with Crippen molar-refractivity contribution < 1.29 is 28.2 Å². The molecule has 4 rings (SSSR count). The summed E-state index contributed by atoms with van der Waals surface area (Å²) >= 11 is 7.55. The minimum absolute atomic E-state index is 0.0121. The summed E-state index contributed by atoms with van der Waals surface area (Å²) in [5, 5.41) is 25.7.